The van der Waals surface area contributed by atoms with Crippen LogP contribution in [0.3, 0.4) is 0 Å². The smallest absolute Gasteiger partial charge is 0.139 e. The van der Waals surface area contributed by atoms with Crippen LogP contribution in [0.2, 0.25) is 5.02 Å². The Morgan fingerprint density at radius 3 is 2.65 bits per heavy atom. The van der Waals surface area contributed by atoms with E-state index < -0.39 is 0 Å². The van der Waals surface area contributed by atoms with Crippen LogP contribution in [0.4, 0.5) is 5.82 Å². The molecule has 0 saturated carbocycles. The van der Waals surface area contributed by atoms with E-state index in [4.69, 9.17) is 29.6 Å². The summed E-state index contributed by atoms with van der Waals surface area (Å²) < 4.78 is 0. The van der Waals surface area contributed by atoms with E-state index >= 15 is 0 Å². The number of nitrogens with zero attached hydrogens (tertiary/aromatic N) is 2. The van der Waals surface area contributed by atoms with Crippen LogP contribution in [0.25, 0.3) is 0 Å². The molecule has 0 saturated heterocycles. The van der Waals surface area contributed by atoms with Crippen LogP contribution in [0.5, 0.6) is 0 Å². The number of aromatic nitrogens is 1. The first-order valence-electron chi connectivity index (χ1n) is 6.24. The fraction of sp³-hybridized carbons (Fsp3) is 0.200. The Bertz CT molecular complexity index is 630. The third-order valence-electron chi connectivity index (χ3n) is 3.32. The Morgan fingerprint density at radius 1 is 1.30 bits per heavy atom. The number of pyridine rings is 1. The van der Waals surface area contributed by atoms with Gasteiger partial charge in [0.1, 0.15) is 10.8 Å². The highest BCUT2D eigenvalue weighted by molar-refractivity contribution is 7.80. The van der Waals surface area contributed by atoms with Crippen molar-refractivity contribution >= 4 is 34.6 Å². The summed E-state index contributed by atoms with van der Waals surface area (Å²) in [6, 6.07) is 11.5. The standard InChI is InChI=1S/C15H16ClN3S/c1-10(11-6-3-4-8-13(11)16)19(2)15-12(14(17)20)7-5-9-18-15/h3-10H,1-2H3,(H2,17,20). The molecule has 0 amide bonds. The van der Waals surface area contributed by atoms with Crippen molar-refractivity contribution in [2.24, 2.45) is 5.73 Å². The maximum absolute atomic E-state index is 6.26. The second-order valence-corrected chi connectivity index (χ2v) is 5.39. The van der Waals surface area contributed by atoms with Crippen molar-refractivity contribution in [1.29, 1.82) is 0 Å². The maximum atomic E-state index is 6.26. The lowest BCUT2D eigenvalue weighted by Gasteiger charge is -2.28. The van der Waals surface area contributed by atoms with E-state index in [1.165, 1.54) is 0 Å². The predicted octanol–water partition coefficient (Wildman–Crippen LogP) is 3.57. The Balaban J connectivity index is 2.39. The Morgan fingerprint density at radius 2 is 2.00 bits per heavy atom. The molecule has 2 aromatic rings. The van der Waals surface area contributed by atoms with Crippen molar-refractivity contribution in [2.75, 3.05) is 11.9 Å². The molecule has 104 valence electrons. The number of hydrogen-bond donors (Lipinski definition) is 1. The zero-order chi connectivity index (χ0) is 14.7. The van der Waals surface area contributed by atoms with Crippen molar-refractivity contribution in [1.82, 2.24) is 4.98 Å². The Kier molecular flexibility index (Phi) is 4.57. The van der Waals surface area contributed by atoms with Crippen LogP contribution in [0, 0.1) is 0 Å². The SMILES string of the molecule is CC(c1ccccc1Cl)N(C)c1ncccc1C(N)=S. The van der Waals surface area contributed by atoms with Crippen molar-refractivity contribution < 1.29 is 0 Å². The molecule has 0 aliphatic carbocycles. The average Bonchev–Trinajstić information content (AvgIpc) is 2.46. The van der Waals surface area contributed by atoms with Gasteiger partial charge in [-0.1, -0.05) is 42.0 Å². The van der Waals surface area contributed by atoms with Gasteiger partial charge in [-0.05, 0) is 30.7 Å². The molecule has 0 bridgehead atoms. The van der Waals surface area contributed by atoms with E-state index in [1.807, 2.05) is 48.3 Å². The number of halogens is 1. The zero-order valence-corrected chi connectivity index (χ0v) is 12.9. The highest BCUT2D eigenvalue weighted by Gasteiger charge is 2.19. The van der Waals surface area contributed by atoms with Gasteiger partial charge in [-0.2, -0.15) is 0 Å². The van der Waals surface area contributed by atoms with Crippen LogP contribution in [0.1, 0.15) is 24.1 Å². The minimum atomic E-state index is 0.0618. The number of hydrogen-bond acceptors (Lipinski definition) is 3. The molecule has 1 atom stereocenters. The number of anilines is 1. The average molecular weight is 306 g/mol. The molecule has 1 heterocycles. The van der Waals surface area contributed by atoms with Gasteiger partial charge in [0.05, 0.1) is 11.6 Å². The lowest BCUT2D eigenvalue weighted by atomic mass is 10.1. The van der Waals surface area contributed by atoms with Gasteiger partial charge < -0.3 is 10.6 Å². The van der Waals surface area contributed by atoms with Gasteiger partial charge in [0.15, 0.2) is 0 Å². The largest absolute Gasteiger partial charge is 0.389 e. The van der Waals surface area contributed by atoms with Gasteiger partial charge in [0.25, 0.3) is 0 Å². The third kappa shape index (κ3) is 2.92. The van der Waals surface area contributed by atoms with Gasteiger partial charge in [-0.3, -0.25) is 0 Å². The molecule has 0 aliphatic rings. The van der Waals surface area contributed by atoms with Crippen LogP contribution in [-0.2, 0) is 0 Å². The van der Waals surface area contributed by atoms with Gasteiger partial charge in [-0.25, -0.2) is 4.98 Å². The van der Waals surface area contributed by atoms with E-state index in [0.717, 1.165) is 22.0 Å². The van der Waals surface area contributed by atoms with Crippen molar-refractivity contribution in [3.05, 3.63) is 58.7 Å². The summed E-state index contributed by atoms with van der Waals surface area (Å²) in [6.07, 6.45) is 1.73. The molecule has 0 radical (unpaired) electrons. The molecule has 0 aliphatic heterocycles. The molecule has 20 heavy (non-hydrogen) atoms. The highest BCUT2D eigenvalue weighted by Crippen LogP contribution is 2.30. The summed E-state index contributed by atoms with van der Waals surface area (Å²) in [5, 5.41) is 0.736. The molecular weight excluding hydrogens is 290 g/mol. The van der Waals surface area contributed by atoms with Gasteiger partial charge >= 0.3 is 0 Å². The van der Waals surface area contributed by atoms with Crippen molar-refractivity contribution in [3.8, 4) is 0 Å². The van der Waals surface area contributed by atoms with E-state index in [9.17, 15) is 0 Å². The van der Waals surface area contributed by atoms with Gasteiger partial charge in [0, 0.05) is 18.3 Å². The quantitative estimate of drug-likeness (QED) is 0.877. The number of nitrogens with two attached hydrogens (primary N) is 1. The number of rotatable bonds is 4. The molecule has 2 rings (SSSR count). The van der Waals surface area contributed by atoms with Crippen LogP contribution < -0.4 is 10.6 Å². The first-order chi connectivity index (χ1) is 9.52. The lowest BCUT2D eigenvalue weighted by molar-refractivity contribution is 0.728. The van der Waals surface area contributed by atoms with Gasteiger partial charge in [0.2, 0.25) is 0 Å². The zero-order valence-electron chi connectivity index (χ0n) is 11.4. The van der Waals surface area contributed by atoms with E-state index in [1.54, 1.807) is 6.20 Å². The summed E-state index contributed by atoms with van der Waals surface area (Å²) in [7, 11) is 1.96. The van der Waals surface area contributed by atoms with Crippen LogP contribution in [0.15, 0.2) is 42.6 Å². The molecule has 1 aromatic heterocycles. The molecule has 1 aromatic carbocycles. The fourth-order valence-electron chi connectivity index (χ4n) is 2.08. The number of thiocarbonyl (C=S) groups is 1. The first-order valence-corrected chi connectivity index (χ1v) is 7.03. The predicted molar refractivity (Wildman–Crippen MR) is 88.4 cm³/mol. The summed E-state index contributed by atoms with van der Waals surface area (Å²) in [4.78, 5) is 6.75. The van der Waals surface area contributed by atoms with E-state index in [2.05, 4.69) is 11.9 Å². The topological polar surface area (TPSA) is 42.2 Å². The molecule has 0 spiro atoms. The first kappa shape index (κ1) is 14.8. The fourth-order valence-corrected chi connectivity index (χ4v) is 2.53. The van der Waals surface area contributed by atoms with E-state index in [0.29, 0.717) is 4.99 Å². The molecule has 5 heteroatoms. The molecule has 0 fully saturated rings. The molecule has 1 unspecified atom stereocenters. The summed E-state index contributed by atoms with van der Waals surface area (Å²) >= 11 is 11.3. The Hall–Kier alpha value is -1.65. The lowest BCUT2D eigenvalue weighted by Crippen LogP contribution is -2.26. The molecular formula is C15H16ClN3S. The maximum Gasteiger partial charge on any atom is 0.139 e. The molecule has 2 N–H and O–H groups in total. The summed E-state index contributed by atoms with van der Waals surface area (Å²) in [6.45, 7) is 2.07. The minimum absolute atomic E-state index is 0.0618. The van der Waals surface area contributed by atoms with Crippen LogP contribution >= 0.6 is 23.8 Å². The summed E-state index contributed by atoms with van der Waals surface area (Å²) in [5.74, 6) is 0.757. The number of benzene rings is 1. The van der Waals surface area contributed by atoms with Crippen molar-refractivity contribution in [2.45, 2.75) is 13.0 Å². The minimum Gasteiger partial charge on any atom is -0.389 e. The summed E-state index contributed by atoms with van der Waals surface area (Å²) in [5.41, 5.74) is 7.57. The van der Waals surface area contributed by atoms with Crippen LogP contribution in [-0.4, -0.2) is 17.0 Å². The third-order valence-corrected chi connectivity index (χ3v) is 3.89. The van der Waals surface area contributed by atoms with E-state index in [-0.39, 0.29) is 6.04 Å². The molecule has 3 nitrogen and oxygen atoms in total. The second kappa shape index (κ2) is 6.20. The van der Waals surface area contributed by atoms with Gasteiger partial charge in [-0.15, -0.1) is 0 Å². The Labute approximate surface area is 129 Å². The second-order valence-electron chi connectivity index (χ2n) is 4.55. The monoisotopic (exact) mass is 305 g/mol. The normalized spacial score (nSPS) is 11.9. The highest BCUT2D eigenvalue weighted by atomic mass is 35.5. The van der Waals surface area contributed by atoms with Crippen molar-refractivity contribution in [3.63, 3.8) is 0 Å².